The Morgan fingerprint density at radius 3 is 2.08 bits per heavy atom. The number of hydrogen-bond acceptors (Lipinski definition) is 15. The molecule has 36 heavy (non-hydrogen) atoms. The Hall–Kier alpha value is -1.09. The van der Waals surface area contributed by atoms with Gasteiger partial charge in [-0.3, -0.25) is 4.79 Å². The summed E-state index contributed by atoms with van der Waals surface area (Å²) in [6.07, 6.45) is -20.6. The van der Waals surface area contributed by atoms with Gasteiger partial charge in [-0.25, -0.2) is 0 Å². The Morgan fingerprint density at radius 1 is 0.917 bits per heavy atom. The number of hydrogen-bond donors (Lipinski definition) is 11. The molecule has 2 saturated heterocycles. The maximum atomic E-state index is 11.9. The third-order valence-corrected chi connectivity index (χ3v) is 5.99. The van der Waals surface area contributed by atoms with Gasteiger partial charge in [0.1, 0.15) is 61.0 Å². The van der Waals surface area contributed by atoms with E-state index in [-0.39, 0.29) is 0 Å². The molecule has 2 aliphatic rings. The summed E-state index contributed by atoms with van der Waals surface area (Å²) in [5.74, 6) is -0.885. The Morgan fingerprint density at radius 2 is 1.56 bits per heavy atom. The molecule has 0 aliphatic carbocycles. The van der Waals surface area contributed by atoms with Crippen LogP contribution in [-0.2, 0) is 23.7 Å². The lowest BCUT2D eigenvalue weighted by molar-refractivity contribution is -0.332. The van der Waals surface area contributed by atoms with Gasteiger partial charge in [-0.2, -0.15) is 0 Å². The van der Waals surface area contributed by atoms with Gasteiger partial charge in [0.25, 0.3) is 0 Å². The first-order valence-electron chi connectivity index (χ1n) is 11.4. The molecule has 11 N–H and O–H groups in total. The minimum atomic E-state index is -1.81. The molecular weight excluding hydrogens is 494 g/mol. The van der Waals surface area contributed by atoms with Crippen LogP contribution in [0.1, 0.15) is 13.8 Å². The summed E-state index contributed by atoms with van der Waals surface area (Å²) in [6, 6.07) is -1.28. The number of amides is 1. The van der Waals surface area contributed by atoms with Crippen molar-refractivity contribution in [3.05, 3.63) is 0 Å². The topological polar surface area (TPSA) is 268 Å². The van der Waals surface area contributed by atoms with Crippen molar-refractivity contribution in [1.29, 1.82) is 0 Å². The number of carbonyl (C=O) groups excluding carboxylic acids is 1. The van der Waals surface area contributed by atoms with Crippen molar-refractivity contribution in [3.8, 4) is 0 Å². The highest BCUT2D eigenvalue weighted by molar-refractivity contribution is 5.80. The Bertz CT molecular complexity index is 683. The van der Waals surface area contributed by atoms with E-state index >= 15 is 0 Å². The summed E-state index contributed by atoms with van der Waals surface area (Å²) in [5, 5.41) is 101. The lowest BCUT2D eigenvalue weighted by atomic mass is 9.98. The monoisotopic (exact) mass is 531 g/mol. The molecule has 0 radical (unpaired) electrons. The van der Waals surface area contributed by atoms with Crippen molar-refractivity contribution in [3.63, 3.8) is 0 Å². The van der Waals surface area contributed by atoms with Crippen LogP contribution in [0.2, 0.25) is 0 Å². The highest BCUT2D eigenvalue weighted by Crippen LogP contribution is 2.31. The molecule has 2 heterocycles. The van der Waals surface area contributed by atoms with Gasteiger partial charge in [0, 0.05) is 0 Å². The first kappa shape index (κ1) is 31.1. The standard InChI is InChI=1S/C20H37NO15/c1-6(24)11(27)8(21-18(32)7(2)25)5-33-19-15(31)17(12(28)10(4-23)34-19)36-20-14(30)13(29)16(35-20)9(26)3-22/h6-17,19-20,22-31H,3-5H2,1-2H3,(H,21,32)/t6-,7-,8+,9-,10?,11-,12?,13?,14?,15?,16?,17?,19?,20?/m1/s1. The second-order valence-electron chi connectivity index (χ2n) is 8.86. The summed E-state index contributed by atoms with van der Waals surface area (Å²) < 4.78 is 21.5. The molecule has 9 unspecified atom stereocenters. The largest absolute Gasteiger partial charge is 0.394 e. The zero-order valence-electron chi connectivity index (χ0n) is 19.7. The molecule has 0 aromatic heterocycles. The average molecular weight is 532 g/mol. The van der Waals surface area contributed by atoms with Gasteiger partial charge in [-0.05, 0) is 13.8 Å². The maximum Gasteiger partial charge on any atom is 0.248 e. The zero-order chi connectivity index (χ0) is 27.3. The molecule has 16 nitrogen and oxygen atoms in total. The lowest BCUT2D eigenvalue weighted by Crippen LogP contribution is -2.62. The third-order valence-electron chi connectivity index (χ3n) is 5.99. The smallest absolute Gasteiger partial charge is 0.248 e. The second-order valence-corrected chi connectivity index (χ2v) is 8.86. The van der Waals surface area contributed by atoms with E-state index in [4.69, 9.17) is 24.1 Å². The van der Waals surface area contributed by atoms with Gasteiger partial charge in [-0.1, -0.05) is 0 Å². The Balaban J connectivity index is 2.14. The summed E-state index contributed by atoms with van der Waals surface area (Å²) >= 11 is 0. The molecule has 2 aliphatic heterocycles. The number of aliphatic hydroxyl groups excluding tert-OH is 10. The van der Waals surface area contributed by atoms with Gasteiger partial charge in [-0.15, -0.1) is 0 Å². The lowest BCUT2D eigenvalue weighted by Gasteiger charge is -2.43. The summed E-state index contributed by atoms with van der Waals surface area (Å²) in [5.41, 5.74) is 0. The molecule has 0 aromatic carbocycles. The van der Waals surface area contributed by atoms with Gasteiger partial charge in [0.2, 0.25) is 5.91 Å². The van der Waals surface area contributed by atoms with Crippen LogP contribution in [0.4, 0.5) is 0 Å². The highest BCUT2D eigenvalue weighted by Gasteiger charge is 2.52. The summed E-state index contributed by atoms with van der Waals surface area (Å²) in [4.78, 5) is 11.9. The van der Waals surface area contributed by atoms with Gasteiger partial charge >= 0.3 is 0 Å². The fourth-order valence-corrected chi connectivity index (χ4v) is 3.78. The molecule has 0 saturated carbocycles. The van der Waals surface area contributed by atoms with Crippen molar-refractivity contribution in [2.45, 2.75) is 99.6 Å². The molecule has 212 valence electrons. The van der Waals surface area contributed by atoms with Crippen molar-refractivity contribution >= 4 is 5.91 Å². The van der Waals surface area contributed by atoms with Crippen molar-refractivity contribution in [2.75, 3.05) is 19.8 Å². The van der Waals surface area contributed by atoms with E-state index in [0.717, 1.165) is 0 Å². The first-order valence-corrected chi connectivity index (χ1v) is 11.4. The molecular formula is C20H37NO15. The molecule has 0 spiro atoms. The molecule has 16 heteroatoms. The molecule has 0 aromatic rings. The van der Waals surface area contributed by atoms with Crippen LogP contribution < -0.4 is 5.32 Å². The summed E-state index contributed by atoms with van der Waals surface area (Å²) in [7, 11) is 0. The van der Waals surface area contributed by atoms with Crippen LogP contribution in [0.5, 0.6) is 0 Å². The van der Waals surface area contributed by atoms with Crippen LogP contribution >= 0.6 is 0 Å². The van der Waals surface area contributed by atoms with E-state index in [1.807, 2.05) is 0 Å². The van der Waals surface area contributed by atoms with E-state index < -0.39 is 111 Å². The quantitative estimate of drug-likeness (QED) is 0.112. The number of carbonyl (C=O) groups is 1. The SMILES string of the molecule is C[C@@H](O)C(=O)N[C@@H](COC1OC(CO)C(O)C(OC2OC([C@H](O)CO)C(O)C2O)C1O)[C@H](O)[C@@H](C)O. The number of aliphatic hydroxyl groups is 10. The van der Waals surface area contributed by atoms with Gasteiger partial charge in [0.05, 0.1) is 32.0 Å². The molecule has 1 amide bonds. The van der Waals surface area contributed by atoms with Crippen LogP contribution in [0.3, 0.4) is 0 Å². The number of nitrogens with one attached hydrogen (secondary N) is 1. The van der Waals surface area contributed by atoms with Crippen molar-refractivity contribution in [2.24, 2.45) is 0 Å². The van der Waals surface area contributed by atoms with E-state index in [2.05, 4.69) is 5.32 Å². The van der Waals surface area contributed by atoms with E-state index in [1.165, 1.54) is 13.8 Å². The molecule has 0 bridgehead atoms. The average Bonchev–Trinajstić information content (AvgIpc) is 3.12. The molecule has 14 atom stereocenters. The third kappa shape index (κ3) is 7.27. The second kappa shape index (κ2) is 13.6. The van der Waals surface area contributed by atoms with Gasteiger partial charge < -0.3 is 75.3 Å². The minimum absolute atomic E-state index is 0.570. The van der Waals surface area contributed by atoms with Crippen molar-refractivity contribution < 1.29 is 74.8 Å². The van der Waals surface area contributed by atoms with E-state index in [0.29, 0.717) is 0 Å². The Kier molecular flexibility index (Phi) is 11.8. The predicted molar refractivity (Wildman–Crippen MR) is 114 cm³/mol. The van der Waals surface area contributed by atoms with E-state index in [9.17, 15) is 50.8 Å². The van der Waals surface area contributed by atoms with Crippen LogP contribution in [0.15, 0.2) is 0 Å². The fraction of sp³-hybridized carbons (Fsp3) is 0.950. The van der Waals surface area contributed by atoms with Crippen LogP contribution in [-0.4, -0.2) is 163 Å². The first-order chi connectivity index (χ1) is 16.8. The predicted octanol–water partition coefficient (Wildman–Crippen LogP) is -6.77. The normalized spacial score (nSPS) is 39.3. The fourth-order valence-electron chi connectivity index (χ4n) is 3.78. The number of ether oxygens (including phenoxy) is 4. The molecule has 2 fully saturated rings. The maximum absolute atomic E-state index is 11.9. The molecule has 2 rings (SSSR count). The van der Waals surface area contributed by atoms with Crippen LogP contribution in [0, 0.1) is 0 Å². The highest BCUT2D eigenvalue weighted by atomic mass is 16.7. The van der Waals surface area contributed by atoms with Crippen molar-refractivity contribution in [1.82, 2.24) is 5.32 Å². The van der Waals surface area contributed by atoms with Crippen LogP contribution in [0.25, 0.3) is 0 Å². The van der Waals surface area contributed by atoms with E-state index in [1.54, 1.807) is 0 Å². The van der Waals surface area contributed by atoms with Gasteiger partial charge in [0.15, 0.2) is 12.6 Å². The summed E-state index contributed by atoms with van der Waals surface area (Å²) in [6.45, 7) is 0.277. The Labute approximate surface area is 206 Å². The minimum Gasteiger partial charge on any atom is -0.394 e. The number of rotatable bonds is 12. The zero-order valence-corrected chi connectivity index (χ0v) is 19.7.